The van der Waals surface area contributed by atoms with Crippen molar-refractivity contribution in [2.24, 2.45) is 11.7 Å². The van der Waals surface area contributed by atoms with Gasteiger partial charge in [-0.25, -0.2) is 4.79 Å². The minimum Gasteiger partial charge on any atom is -0.468 e. The van der Waals surface area contributed by atoms with Crippen LogP contribution in [0.25, 0.3) is 0 Å². The number of nitrogens with zero attached hydrogens (tertiary/aromatic N) is 1. The van der Waals surface area contributed by atoms with Crippen LogP contribution in [0.4, 0.5) is 18.9 Å². The van der Waals surface area contributed by atoms with E-state index in [1.54, 1.807) is 54.6 Å². The molecular formula is C32H26ClF3N2O5. The van der Waals surface area contributed by atoms with Crippen LogP contribution in [0.15, 0.2) is 102 Å². The van der Waals surface area contributed by atoms with Crippen molar-refractivity contribution >= 4 is 35.0 Å². The first kappa shape index (κ1) is 29.9. The van der Waals surface area contributed by atoms with E-state index >= 15 is 0 Å². The summed E-state index contributed by atoms with van der Waals surface area (Å²) in [4.78, 5) is 42.4. The van der Waals surface area contributed by atoms with Crippen LogP contribution in [0.1, 0.15) is 34.9 Å². The molecule has 1 heterocycles. The number of Topliss-reactive ketones (excluding diaryl/α,β-unsaturated/α-hetero) is 1. The number of carbonyl (C=O) groups excluding carboxylic acids is 3. The van der Waals surface area contributed by atoms with Crippen LogP contribution in [0, 0.1) is 5.92 Å². The summed E-state index contributed by atoms with van der Waals surface area (Å²) in [5.41, 5.74) is 6.80. The minimum absolute atomic E-state index is 0.00726. The van der Waals surface area contributed by atoms with E-state index in [0.29, 0.717) is 16.1 Å². The third-order valence-electron chi connectivity index (χ3n) is 7.74. The van der Waals surface area contributed by atoms with E-state index in [4.69, 9.17) is 26.8 Å². The molecule has 3 atom stereocenters. The number of halogens is 4. The largest absolute Gasteiger partial charge is 0.468 e. The third-order valence-corrected chi connectivity index (χ3v) is 7.98. The zero-order valence-electron chi connectivity index (χ0n) is 23.0. The number of rotatable bonds is 5. The highest BCUT2D eigenvalue weighted by Crippen LogP contribution is 2.52. The Balaban J connectivity index is 1.85. The number of nitrogens with two attached hydrogens (primary N) is 1. The van der Waals surface area contributed by atoms with Crippen molar-refractivity contribution in [2.45, 2.75) is 24.4 Å². The molecule has 7 nitrogen and oxygen atoms in total. The van der Waals surface area contributed by atoms with E-state index < -0.39 is 47.2 Å². The van der Waals surface area contributed by atoms with Gasteiger partial charge in [0.15, 0.2) is 5.78 Å². The van der Waals surface area contributed by atoms with Crippen LogP contribution in [0.5, 0.6) is 0 Å². The zero-order valence-corrected chi connectivity index (χ0v) is 23.8. The van der Waals surface area contributed by atoms with Gasteiger partial charge in [0, 0.05) is 27.9 Å². The standard InChI is InChI=1S/C32H26ClF3N2O5/c1-42-30(40)25-22(17-8-4-3-5-9-17)16-23-26(28(25)39)24(18-10-6-12-20(33)14-18)27(31(41)43-2)29(37)38(23)21-13-7-11-19(15-21)32(34,35)36/h3-15,22,24-25H,16,37H2,1-2H3. The van der Waals surface area contributed by atoms with Gasteiger partial charge in [0.2, 0.25) is 0 Å². The van der Waals surface area contributed by atoms with Gasteiger partial charge in [-0.05, 0) is 47.9 Å². The number of ketones is 1. The van der Waals surface area contributed by atoms with Gasteiger partial charge in [0.05, 0.1) is 31.3 Å². The Kier molecular flexibility index (Phi) is 8.07. The smallest absolute Gasteiger partial charge is 0.416 e. The Labute approximate surface area is 250 Å². The molecule has 3 aromatic carbocycles. The molecular weight excluding hydrogens is 585 g/mol. The fourth-order valence-electron chi connectivity index (χ4n) is 5.88. The molecule has 3 unspecified atom stereocenters. The van der Waals surface area contributed by atoms with E-state index in [-0.39, 0.29) is 34.8 Å². The highest BCUT2D eigenvalue weighted by Gasteiger charge is 2.51. The van der Waals surface area contributed by atoms with Gasteiger partial charge in [-0.15, -0.1) is 0 Å². The van der Waals surface area contributed by atoms with Crippen molar-refractivity contribution in [3.05, 3.63) is 123 Å². The number of alkyl halides is 3. The number of hydrogen-bond acceptors (Lipinski definition) is 7. The molecule has 2 N–H and O–H groups in total. The molecule has 1 aliphatic heterocycles. The first-order valence-corrected chi connectivity index (χ1v) is 13.6. The average Bonchev–Trinajstić information content (AvgIpc) is 2.99. The molecule has 0 saturated heterocycles. The summed E-state index contributed by atoms with van der Waals surface area (Å²) in [5.74, 6) is -5.76. The highest BCUT2D eigenvalue weighted by molar-refractivity contribution is 6.30. The maximum atomic E-state index is 14.6. The summed E-state index contributed by atoms with van der Waals surface area (Å²) in [7, 11) is 2.30. The second-order valence-electron chi connectivity index (χ2n) is 10.1. The van der Waals surface area contributed by atoms with Crippen LogP contribution in [-0.4, -0.2) is 31.9 Å². The van der Waals surface area contributed by atoms with Crippen LogP contribution >= 0.6 is 11.6 Å². The number of ether oxygens (including phenoxy) is 2. The summed E-state index contributed by atoms with van der Waals surface area (Å²) >= 11 is 6.31. The summed E-state index contributed by atoms with van der Waals surface area (Å²) in [6.07, 6.45) is -4.67. The lowest BCUT2D eigenvalue weighted by Crippen LogP contribution is -2.46. The van der Waals surface area contributed by atoms with Crippen LogP contribution in [-0.2, 0) is 30.0 Å². The molecule has 1 aliphatic carbocycles. The third kappa shape index (κ3) is 5.38. The van der Waals surface area contributed by atoms with Crippen molar-refractivity contribution < 1.29 is 37.0 Å². The molecule has 43 heavy (non-hydrogen) atoms. The predicted octanol–water partition coefficient (Wildman–Crippen LogP) is 6.11. The van der Waals surface area contributed by atoms with Gasteiger partial charge >= 0.3 is 18.1 Å². The van der Waals surface area contributed by atoms with Gasteiger partial charge in [-0.1, -0.05) is 60.1 Å². The molecule has 0 amide bonds. The Hall–Kier alpha value is -4.57. The Morgan fingerprint density at radius 1 is 0.930 bits per heavy atom. The molecule has 5 rings (SSSR count). The molecule has 222 valence electrons. The second kappa shape index (κ2) is 11.6. The van der Waals surface area contributed by atoms with Crippen molar-refractivity contribution in [1.29, 1.82) is 0 Å². The van der Waals surface area contributed by atoms with Crippen molar-refractivity contribution in [1.82, 2.24) is 0 Å². The molecule has 0 saturated carbocycles. The fraction of sp³-hybridized carbons (Fsp3) is 0.219. The van der Waals surface area contributed by atoms with E-state index in [1.165, 1.54) is 24.1 Å². The Morgan fingerprint density at radius 3 is 2.23 bits per heavy atom. The quantitative estimate of drug-likeness (QED) is 0.275. The van der Waals surface area contributed by atoms with Gasteiger partial charge in [0.1, 0.15) is 11.7 Å². The molecule has 3 aromatic rings. The Bertz CT molecular complexity index is 1670. The number of anilines is 1. The lowest BCUT2D eigenvalue weighted by Gasteiger charge is -2.44. The maximum Gasteiger partial charge on any atom is 0.416 e. The summed E-state index contributed by atoms with van der Waals surface area (Å²) in [6, 6.07) is 19.6. The topological polar surface area (TPSA) is 98.9 Å². The first-order valence-electron chi connectivity index (χ1n) is 13.2. The molecule has 0 spiro atoms. The van der Waals surface area contributed by atoms with E-state index in [0.717, 1.165) is 19.2 Å². The molecule has 0 radical (unpaired) electrons. The molecule has 2 aliphatic rings. The lowest BCUT2D eigenvalue weighted by molar-refractivity contribution is -0.150. The SMILES string of the molecule is COC(=O)C1=C(N)N(c2cccc(C(F)(F)F)c2)C2=C(C(=O)C(C(=O)OC)C(c3ccccc3)C2)C1c1cccc(Cl)c1. The van der Waals surface area contributed by atoms with Crippen LogP contribution in [0.2, 0.25) is 5.02 Å². The Morgan fingerprint density at radius 2 is 1.60 bits per heavy atom. The van der Waals surface area contributed by atoms with E-state index in [1.807, 2.05) is 0 Å². The van der Waals surface area contributed by atoms with Crippen molar-refractivity contribution in [3.8, 4) is 0 Å². The number of allylic oxidation sites excluding steroid dienone is 2. The number of hydrogen-bond donors (Lipinski definition) is 1. The highest BCUT2D eigenvalue weighted by atomic mass is 35.5. The van der Waals surface area contributed by atoms with Gasteiger partial charge < -0.3 is 15.2 Å². The normalized spacial score (nSPS) is 20.6. The van der Waals surface area contributed by atoms with Gasteiger partial charge in [-0.3, -0.25) is 14.5 Å². The number of carbonyl (C=O) groups is 3. The zero-order chi connectivity index (χ0) is 31.1. The number of benzene rings is 3. The second-order valence-corrected chi connectivity index (χ2v) is 10.5. The lowest BCUT2D eigenvalue weighted by atomic mass is 9.67. The minimum atomic E-state index is -4.68. The number of methoxy groups -OCH3 is 2. The van der Waals surface area contributed by atoms with E-state index in [9.17, 15) is 27.6 Å². The molecule has 0 aromatic heterocycles. The van der Waals surface area contributed by atoms with Gasteiger partial charge in [0.25, 0.3) is 0 Å². The van der Waals surface area contributed by atoms with E-state index in [2.05, 4.69) is 0 Å². The maximum absolute atomic E-state index is 14.6. The average molecular weight is 611 g/mol. The predicted molar refractivity (Wildman–Crippen MR) is 153 cm³/mol. The summed E-state index contributed by atoms with van der Waals surface area (Å²) in [6.45, 7) is 0. The summed E-state index contributed by atoms with van der Waals surface area (Å²) in [5, 5.41) is 0.303. The monoisotopic (exact) mass is 610 g/mol. The molecule has 0 bridgehead atoms. The fourth-order valence-corrected chi connectivity index (χ4v) is 6.08. The van der Waals surface area contributed by atoms with Gasteiger partial charge in [-0.2, -0.15) is 13.2 Å². The molecule has 11 heteroatoms. The van der Waals surface area contributed by atoms with Crippen molar-refractivity contribution in [3.63, 3.8) is 0 Å². The molecule has 0 fully saturated rings. The van der Waals surface area contributed by atoms with Crippen LogP contribution < -0.4 is 10.6 Å². The van der Waals surface area contributed by atoms with Crippen LogP contribution in [0.3, 0.4) is 0 Å². The van der Waals surface area contributed by atoms with Crippen molar-refractivity contribution in [2.75, 3.05) is 19.1 Å². The first-order chi connectivity index (χ1) is 20.5. The number of esters is 2. The summed E-state index contributed by atoms with van der Waals surface area (Å²) < 4.78 is 51.5.